The third-order valence-electron chi connectivity index (χ3n) is 4.24. The number of carbonyl (C=O) groups excluding carboxylic acids is 1. The van der Waals surface area contributed by atoms with E-state index in [0.29, 0.717) is 0 Å². The molecular weight excluding hydrogens is 262 g/mol. The van der Waals surface area contributed by atoms with Gasteiger partial charge in [-0.2, -0.15) is 0 Å². The Morgan fingerprint density at radius 1 is 1.24 bits per heavy atom. The van der Waals surface area contributed by atoms with E-state index in [1.807, 2.05) is 0 Å². The first-order valence-electron chi connectivity index (χ1n) is 7.47. The summed E-state index contributed by atoms with van der Waals surface area (Å²) in [4.78, 5) is 14.0. The topological polar surface area (TPSA) is 58.4 Å². The van der Waals surface area contributed by atoms with Crippen molar-refractivity contribution in [2.75, 3.05) is 13.1 Å². The fourth-order valence-corrected chi connectivity index (χ4v) is 3.13. The molecule has 110 valence electrons. The fourth-order valence-electron chi connectivity index (χ4n) is 3.13. The van der Waals surface area contributed by atoms with Crippen molar-refractivity contribution < 1.29 is 4.79 Å². The molecule has 1 saturated heterocycles. The van der Waals surface area contributed by atoms with Crippen molar-refractivity contribution in [1.29, 1.82) is 0 Å². The molecule has 0 radical (unpaired) electrons. The number of piperidine rings is 1. The Kier molecular flexibility index (Phi) is 4.18. The monoisotopic (exact) mass is 283 g/mol. The maximum absolute atomic E-state index is 11.7. The van der Waals surface area contributed by atoms with Crippen LogP contribution in [0.4, 0.5) is 0 Å². The van der Waals surface area contributed by atoms with Gasteiger partial charge < -0.3 is 0 Å². The van der Waals surface area contributed by atoms with E-state index in [4.69, 9.17) is 5.84 Å². The van der Waals surface area contributed by atoms with E-state index < -0.39 is 0 Å². The first kappa shape index (κ1) is 14.0. The van der Waals surface area contributed by atoms with Gasteiger partial charge in [-0.3, -0.25) is 15.1 Å². The van der Waals surface area contributed by atoms with Gasteiger partial charge in [-0.25, -0.2) is 5.84 Å². The zero-order valence-corrected chi connectivity index (χ0v) is 12.1. The number of carbonyl (C=O) groups is 1. The van der Waals surface area contributed by atoms with Crippen molar-refractivity contribution in [1.82, 2.24) is 10.3 Å². The van der Waals surface area contributed by atoms with E-state index in [1.54, 1.807) is 0 Å². The number of amides is 1. The van der Waals surface area contributed by atoms with E-state index in [1.165, 1.54) is 16.3 Å². The second kappa shape index (κ2) is 6.24. The van der Waals surface area contributed by atoms with E-state index in [0.717, 1.165) is 32.5 Å². The number of nitrogens with zero attached hydrogens (tertiary/aromatic N) is 1. The molecule has 0 aromatic heterocycles. The number of fused-ring (bicyclic) bond motifs is 1. The third-order valence-corrected chi connectivity index (χ3v) is 4.24. The normalized spacial score (nSPS) is 19.6. The third kappa shape index (κ3) is 3.23. The lowest BCUT2D eigenvalue weighted by atomic mass is 9.96. The van der Waals surface area contributed by atoms with Gasteiger partial charge in [-0.05, 0) is 41.8 Å². The molecule has 1 aliphatic heterocycles. The summed E-state index contributed by atoms with van der Waals surface area (Å²) in [6.07, 6.45) is 1.98. The summed E-state index contributed by atoms with van der Waals surface area (Å²) in [6.45, 7) is 2.72. The molecule has 21 heavy (non-hydrogen) atoms. The molecule has 0 spiro atoms. The lowest BCUT2D eigenvalue weighted by Crippen LogP contribution is -2.44. The Bertz CT molecular complexity index is 641. The van der Waals surface area contributed by atoms with E-state index in [-0.39, 0.29) is 11.8 Å². The Morgan fingerprint density at radius 2 is 2.05 bits per heavy atom. The molecule has 1 unspecified atom stereocenters. The standard InChI is InChI=1S/C17H21N3O/c18-19-17(21)16-6-3-9-20(12-16)11-13-7-8-14-4-1-2-5-15(14)10-13/h1-2,4-5,7-8,10,16H,3,6,9,11-12,18H2,(H,19,21). The van der Waals surface area contributed by atoms with Gasteiger partial charge in [0.15, 0.2) is 0 Å². The average molecular weight is 283 g/mol. The largest absolute Gasteiger partial charge is 0.298 e. The van der Waals surface area contributed by atoms with E-state index in [2.05, 4.69) is 52.8 Å². The molecule has 4 nitrogen and oxygen atoms in total. The minimum absolute atomic E-state index is 0.0178. The van der Waals surface area contributed by atoms with Gasteiger partial charge >= 0.3 is 0 Å². The summed E-state index contributed by atoms with van der Waals surface area (Å²) in [5.41, 5.74) is 3.57. The number of hydrogen-bond acceptors (Lipinski definition) is 3. The minimum Gasteiger partial charge on any atom is -0.298 e. The van der Waals surface area contributed by atoms with Gasteiger partial charge in [-0.1, -0.05) is 36.4 Å². The number of rotatable bonds is 3. The predicted octanol–water partition coefficient (Wildman–Crippen LogP) is 2.04. The van der Waals surface area contributed by atoms with Gasteiger partial charge in [0.1, 0.15) is 0 Å². The summed E-state index contributed by atoms with van der Waals surface area (Å²) in [7, 11) is 0. The molecule has 4 heteroatoms. The Morgan fingerprint density at radius 3 is 2.86 bits per heavy atom. The van der Waals surface area contributed by atoms with Crippen LogP contribution in [-0.4, -0.2) is 23.9 Å². The molecule has 1 fully saturated rings. The van der Waals surface area contributed by atoms with Crippen LogP contribution in [0.3, 0.4) is 0 Å². The lowest BCUT2D eigenvalue weighted by molar-refractivity contribution is -0.126. The highest BCUT2D eigenvalue weighted by molar-refractivity contribution is 5.83. The summed E-state index contributed by atoms with van der Waals surface area (Å²) in [5.74, 6) is 5.22. The van der Waals surface area contributed by atoms with Crippen LogP contribution >= 0.6 is 0 Å². The molecule has 3 N–H and O–H groups in total. The van der Waals surface area contributed by atoms with Gasteiger partial charge in [-0.15, -0.1) is 0 Å². The number of benzene rings is 2. The van der Waals surface area contributed by atoms with Crippen LogP contribution < -0.4 is 11.3 Å². The number of nitrogens with one attached hydrogen (secondary N) is 1. The highest BCUT2D eigenvalue weighted by Crippen LogP contribution is 2.21. The highest BCUT2D eigenvalue weighted by Gasteiger charge is 2.25. The first-order chi connectivity index (χ1) is 10.3. The second-order valence-electron chi connectivity index (χ2n) is 5.76. The molecule has 1 atom stereocenters. The predicted molar refractivity (Wildman–Crippen MR) is 84.3 cm³/mol. The first-order valence-corrected chi connectivity index (χ1v) is 7.47. The minimum atomic E-state index is -0.0433. The highest BCUT2D eigenvalue weighted by atomic mass is 16.2. The molecular formula is C17H21N3O. The summed E-state index contributed by atoms with van der Waals surface area (Å²) in [6, 6.07) is 15.0. The van der Waals surface area contributed by atoms with Crippen LogP contribution in [0.15, 0.2) is 42.5 Å². The van der Waals surface area contributed by atoms with Gasteiger partial charge in [0.05, 0.1) is 5.92 Å². The van der Waals surface area contributed by atoms with Crippen LogP contribution in [0.1, 0.15) is 18.4 Å². The van der Waals surface area contributed by atoms with E-state index >= 15 is 0 Å². The molecule has 0 bridgehead atoms. The number of likely N-dealkylation sites (tertiary alicyclic amines) is 1. The van der Waals surface area contributed by atoms with Crippen LogP contribution in [0, 0.1) is 5.92 Å². The molecule has 1 amide bonds. The van der Waals surface area contributed by atoms with Crippen molar-refractivity contribution >= 4 is 16.7 Å². The molecule has 1 aliphatic rings. The molecule has 1 heterocycles. The number of hydrazine groups is 1. The zero-order valence-electron chi connectivity index (χ0n) is 12.1. The van der Waals surface area contributed by atoms with Crippen LogP contribution in [0.5, 0.6) is 0 Å². The summed E-state index contributed by atoms with van der Waals surface area (Å²) < 4.78 is 0. The van der Waals surface area contributed by atoms with Crippen LogP contribution in [0.25, 0.3) is 10.8 Å². The molecule has 0 aliphatic carbocycles. The SMILES string of the molecule is NNC(=O)C1CCCN(Cc2ccc3ccccc3c2)C1. The van der Waals surface area contributed by atoms with Crippen molar-refractivity contribution in [2.24, 2.45) is 11.8 Å². The average Bonchev–Trinajstić information content (AvgIpc) is 2.54. The van der Waals surface area contributed by atoms with Crippen molar-refractivity contribution in [3.63, 3.8) is 0 Å². The second-order valence-corrected chi connectivity index (χ2v) is 5.76. The zero-order chi connectivity index (χ0) is 14.7. The Labute approximate surface area is 124 Å². The number of nitrogens with two attached hydrogens (primary N) is 1. The maximum Gasteiger partial charge on any atom is 0.238 e. The smallest absolute Gasteiger partial charge is 0.238 e. The van der Waals surface area contributed by atoms with E-state index in [9.17, 15) is 4.79 Å². The van der Waals surface area contributed by atoms with Gasteiger partial charge in [0.25, 0.3) is 0 Å². The lowest BCUT2D eigenvalue weighted by Gasteiger charge is -2.31. The molecule has 3 rings (SSSR count). The van der Waals surface area contributed by atoms with Crippen molar-refractivity contribution in [2.45, 2.75) is 19.4 Å². The maximum atomic E-state index is 11.7. The Hall–Kier alpha value is -1.91. The quantitative estimate of drug-likeness (QED) is 0.515. The summed E-state index contributed by atoms with van der Waals surface area (Å²) >= 11 is 0. The molecule has 2 aromatic carbocycles. The van der Waals surface area contributed by atoms with Crippen LogP contribution in [0.2, 0.25) is 0 Å². The van der Waals surface area contributed by atoms with Crippen molar-refractivity contribution in [3.05, 3.63) is 48.0 Å². The van der Waals surface area contributed by atoms with Gasteiger partial charge in [0.2, 0.25) is 5.91 Å². The fraction of sp³-hybridized carbons (Fsp3) is 0.353. The van der Waals surface area contributed by atoms with Gasteiger partial charge in [0, 0.05) is 13.1 Å². The number of hydrogen-bond donors (Lipinski definition) is 2. The summed E-state index contributed by atoms with van der Waals surface area (Å²) in [5, 5.41) is 2.53. The molecule has 2 aromatic rings. The van der Waals surface area contributed by atoms with Crippen molar-refractivity contribution in [3.8, 4) is 0 Å². The Balaban J connectivity index is 1.71. The molecule has 0 saturated carbocycles. The van der Waals surface area contributed by atoms with Crippen LogP contribution in [-0.2, 0) is 11.3 Å².